The van der Waals surface area contributed by atoms with Crippen LogP contribution in [0.2, 0.25) is 0 Å². The predicted molar refractivity (Wildman–Crippen MR) is 90.6 cm³/mol. The van der Waals surface area contributed by atoms with Gasteiger partial charge in [0.2, 0.25) is 11.8 Å². The Kier molecular flexibility index (Phi) is 3.38. The minimum atomic E-state index is -0.749. The fourth-order valence-electron chi connectivity index (χ4n) is 4.74. The number of hydrogen-bond acceptors (Lipinski definition) is 7. The van der Waals surface area contributed by atoms with Crippen LogP contribution in [0.15, 0.2) is 0 Å². The lowest BCUT2D eigenvalue weighted by atomic mass is 9.81. The smallest absolute Gasteiger partial charge is 0.340 e. The number of fused-ring (bicyclic) bond motifs is 8. The lowest BCUT2D eigenvalue weighted by molar-refractivity contribution is -0.138. The van der Waals surface area contributed by atoms with Gasteiger partial charge in [-0.2, -0.15) is 0 Å². The molecule has 4 heterocycles. The topological polar surface area (TPSA) is 94.9 Å². The number of methoxy groups -OCH3 is 2. The second kappa shape index (κ2) is 5.12. The summed E-state index contributed by atoms with van der Waals surface area (Å²) in [6.45, 7) is 3.60. The van der Waals surface area contributed by atoms with Crippen molar-refractivity contribution in [2.24, 2.45) is 11.8 Å². The van der Waals surface area contributed by atoms with E-state index in [9.17, 15) is 19.2 Å². The van der Waals surface area contributed by atoms with E-state index in [2.05, 4.69) is 0 Å². The monoisotopic (exact) mass is 378 g/mol. The van der Waals surface area contributed by atoms with Crippen molar-refractivity contribution in [3.8, 4) is 0 Å². The molecule has 0 N–H and O–H groups in total. The summed E-state index contributed by atoms with van der Waals surface area (Å²) in [5.41, 5.74) is 1.38. The number of likely N-dealkylation sites (tertiary alicyclic amines) is 1. The molecule has 0 aliphatic carbocycles. The van der Waals surface area contributed by atoms with Crippen molar-refractivity contribution in [2.75, 3.05) is 21.3 Å². The van der Waals surface area contributed by atoms with Crippen molar-refractivity contribution in [1.82, 2.24) is 9.47 Å². The summed E-state index contributed by atoms with van der Waals surface area (Å²) in [6, 6.07) is 0. The molecule has 138 valence electrons. The number of hydrogen-bond donors (Lipinski definition) is 0. The number of esters is 2. The Morgan fingerprint density at radius 2 is 1.65 bits per heavy atom. The van der Waals surface area contributed by atoms with Crippen molar-refractivity contribution >= 4 is 35.5 Å². The molecule has 0 unspecified atom stereocenters. The number of carbonyl (C=O) groups is 4. The molecule has 2 bridgehead atoms. The van der Waals surface area contributed by atoms with Gasteiger partial charge in [0.1, 0.15) is 4.87 Å². The molecule has 0 radical (unpaired) electrons. The number of ether oxygens (including phenoxy) is 2. The minimum Gasteiger partial charge on any atom is -0.465 e. The fourth-order valence-corrected chi connectivity index (χ4v) is 6.74. The molecule has 1 aromatic rings. The molecule has 2 amide bonds. The number of rotatable bonds is 2. The zero-order valence-corrected chi connectivity index (χ0v) is 15.8. The third-order valence-corrected chi connectivity index (χ3v) is 7.46. The first-order valence-corrected chi connectivity index (χ1v) is 9.00. The van der Waals surface area contributed by atoms with Crippen molar-refractivity contribution in [3.63, 3.8) is 0 Å². The van der Waals surface area contributed by atoms with Gasteiger partial charge in [0.15, 0.2) is 0 Å². The zero-order chi connectivity index (χ0) is 19.1. The molecule has 2 saturated heterocycles. The van der Waals surface area contributed by atoms with Crippen LogP contribution in [0.4, 0.5) is 0 Å². The number of thioether (sulfide) groups is 1. The molecule has 8 nitrogen and oxygen atoms in total. The first-order valence-electron chi connectivity index (χ1n) is 8.12. The van der Waals surface area contributed by atoms with E-state index >= 15 is 0 Å². The maximum Gasteiger partial charge on any atom is 0.340 e. The highest BCUT2D eigenvalue weighted by atomic mass is 32.2. The van der Waals surface area contributed by atoms with Gasteiger partial charge in [-0.3, -0.25) is 14.5 Å². The van der Waals surface area contributed by atoms with E-state index in [0.717, 1.165) is 0 Å². The van der Waals surface area contributed by atoms with Crippen LogP contribution in [0.25, 0.3) is 0 Å². The number of amides is 2. The molecule has 0 spiro atoms. The number of aromatic nitrogens is 1. The molecule has 3 aliphatic rings. The van der Waals surface area contributed by atoms with E-state index < -0.39 is 33.9 Å². The van der Waals surface area contributed by atoms with Crippen LogP contribution in [-0.2, 0) is 23.9 Å². The third-order valence-electron chi connectivity index (χ3n) is 5.78. The van der Waals surface area contributed by atoms with E-state index in [1.807, 2.05) is 11.5 Å². The highest BCUT2D eigenvalue weighted by molar-refractivity contribution is 8.00. The summed E-state index contributed by atoms with van der Waals surface area (Å²) < 4.78 is 11.6. The lowest BCUT2D eigenvalue weighted by Gasteiger charge is -2.32. The van der Waals surface area contributed by atoms with Gasteiger partial charge in [-0.15, -0.1) is 11.8 Å². The van der Waals surface area contributed by atoms with Crippen molar-refractivity contribution < 1.29 is 28.7 Å². The van der Waals surface area contributed by atoms with Gasteiger partial charge >= 0.3 is 11.9 Å². The molecular weight excluding hydrogens is 360 g/mol. The van der Waals surface area contributed by atoms with E-state index in [0.29, 0.717) is 11.4 Å². The molecule has 9 heteroatoms. The van der Waals surface area contributed by atoms with Gasteiger partial charge in [-0.25, -0.2) is 9.59 Å². The average Bonchev–Trinajstić information content (AvgIpc) is 3.27. The van der Waals surface area contributed by atoms with Crippen molar-refractivity contribution in [2.45, 2.75) is 24.0 Å². The summed E-state index contributed by atoms with van der Waals surface area (Å²) in [5.74, 6) is -2.83. The van der Waals surface area contributed by atoms with Crippen LogP contribution < -0.4 is 0 Å². The molecule has 1 aromatic heterocycles. The Bertz CT molecular complexity index is 906. The Hall–Kier alpha value is -2.29. The molecule has 26 heavy (non-hydrogen) atoms. The van der Waals surface area contributed by atoms with Crippen molar-refractivity contribution in [1.29, 1.82) is 0 Å². The largest absolute Gasteiger partial charge is 0.465 e. The summed E-state index contributed by atoms with van der Waals surface area (Å²) in [4.78, 5) is 50.6. The number of imide groups is 1. The SMILES string of the molecule is COC(=O)c1c(C(=O)OC)c2n(c1C)[C@@]1(C)S[C@@H]2[C@@H]2C(=O)N(C)C(=O)[C@@H]21. The van der Waals surface area contributed by atoms with E-state index in [4.69, 9.17) is 9.47 Å². The van der Waals surface area contributed by atoms with Crippen LogP contribution in [0.1, 0.15) is 44.3 Å². The van der Waals surface area contributed by atoms with E-state index in [-0.39, 0.29) is 22.9 Å². The lowest BCUT2D eigenvalue weighted by Crippen LogP contribution is -2.40. The van der Waals surface area contributed by atoms with Crippen LogP contribution in [0.5, 0.6) is 0 Å². The highest BCUT2D eigenvalue weighted by Crippen LogP contribution is 2.70. The Morgan fingerprint density at radius 1 is 1.08 bits per heavy atom. The minimum absolute atomic E-state index is 0.131. The van der Waals surface area contributed by atoms with Gasteiger partial charge in [-0.05, 0) is 13.8 Å². The highest BCUT2D eigenvalue weighted by Gasteiger charge is 2.70. The zero-order valence-electron chi connectivity index (χ0n) is 15.0. The molecule has 3 aliphatic heterocycles. The number of nitrogens with zero attached hydrogens (tertiary/aromatic N) is 2. The fraction of sp³-hybridized carbons (Fsp3) is 0.529. The Labute approximate surface area is 153 Å². The first-order chi connectivity index (χ1) is 12.2. The van der Waals surface area contributed by atoms with Gasteiger partial charge < -0.3 is 14.0 Å². The standard InChI is InChI=1S/C17H18N2O6S/c1-6-7(15(22)24-4)8(16(23)25-5)11-12-9-10(14(21)18(3)13(9)20)17(2,26-12)19(6)11/h9-10,12H,1-5H3/t9-,10-,12-,17+/m1/s1. The van der Waals surface area contributed by atoms with Crippen molar-refractivity contribution in [3.05, 3.63) is 22.5 Å². The molecule has 4 rings (SSSR count). The van der Waals surface area contributed by atoms with E-state index in [1.54, 1.807) is 6.92 Å². The van der Waals surface area contributed by atoms with E-state index in [1.165, 1.54) is 37.9 Å². The predicted octanol–water partition coefficient (Wildman–Crippen LogP) is 1.07. The van der Waals surface area contributed by atoms with Crippen LogP contribution in [0, 0.1) is 18.8 Å². The quantitative estimate of drug-likeness (QED) is 0.561. The molecule has 0 saturated carbocycles. The van der Waals surface area contributed by atoms with Crippen LogP contribution in [-0.4, -0.2) is 54.5 Å². The van der Waals surface area contributed by atoms with Gasteiger partial charge in [-0.1, -0.05) is 0 Å². The maximum absolute atomic E-state index is 12.7. The van der Waals surface area contributed by atoms with Gasteiger partial charge in [0.05, 0.1) is 42.4 Å². The molecular formula is C17H18N2O6S. The van der Waals surface area contributed by atoms with Crippen LogP contribution >= 0.6 is 11.8 Å². The van der Waals surface area contributed by atoms with Gasteiger partial charge in [0, 0.05) is 18.4 Å². The normalized spacial score (nSPS) is 31.3. The summed E-state index contributed by atoms with van der Waals surface area (Å²) in [6.07, 6.45) is 0. The number of carbonyl (C=O) groups excluding carboxylic acids is 4. The summed E-state index contributed by atoms with van der Waals surface area (Å²) in [7, 11) is 3.97. The van der Waals surface area contributed by atoms with Crippen LogP contribution in [0.3, 0.4) is 0 Å². The maximum atomic E-state index is 12.7. The molecule has 2 fully saturated rings. The first kappa shape index (κ1) is 17.1. The summed E-state index contributed by atoms with van der Waals surface area (Å²) >= 11 is 1.49. The second-order valence-corrected chi connectivity index (χ2v) is 8.44. The Morgan fingerprint density at radius 3 is 2.23 bits per heavy atom. The molecule has 4 atom stereocenters. The second-order valence-electron chi connectivity index (χ2n) is 6.87. The molecule has 0 aromatic carbocycles. The van der Waals surface area contributed by atoms with Gasteiger partial charge in [0.25, 0.3) is 0 Å². The summed E-state index contributed by atoms with van der Waals surface area (Å²) in [5, 5.41) is -0.391. The Balaban J connectivity index is 2.02. The average molecular weight is 378 g/mol. The third kappa shape index (κ3) is 1.67.